The van der Waals surface area contributed by atoms with Crippen molar-refractivity contribution in [3.63, 3.8) is 0 Å². The molecule has 0 amide bonds. The van der Waals surface area contributed by atoms with E-state index in [1.165, 1.54) is 0 Å². The zero-order chi connectivity index (χ0) is 30.5. The molecule has 8 nitrogen and oxygen atoms in total. The Morgan fingerprint density at radius 3 is 2.64 bits per heavy atom. The molecule has 12 atom stereocenters. The molecule has 0 aromatic carbocycles. The van der Waals surface area contributed by atoms with E-state index in [2.05, 4.69) is 26.1 Å². The molecule has 1 heterocycles. The number of ketones is 1. The Morgan fingerprint density at radius 2 is 1.93 bits per heavy atom. The zero-order valence-electron chi connectivity index (χ0n) is 26.9. The maximum atomic E-state index is 13.8. The first-order valence-electron chi connectivity index (χ1n) is 16.6. The molecule has 4 N–H and O–H groups in total. The fraction of sp³-hybridized carbons (Fsp3) is 0.912. The Balaban J connectivity index is 1.37. The van der Waals surface area contributed by atoms with Crippen molar-refractivity contribution in [3.8, 4) is 0 Å². The molecule has 0 radical (unpaired) electrons. The van der Waals surface area contributed by atoms with Gasteiger partial charge in [0.1, 0.15) is 6.10 Å². The largest absolute Gasteiger partial charge is 0.387 e. The van der Waals surface area contributed by atoms with Crippen molar-refractivity contribution in [2.75, 3.05) is 40.5 Å². The third-order valence-electron chi connectivity index (χ3n) is 12.9. The average Bonchev–Trinajstić information content (AvgIpc) is 3.46. The molecule has 0 spiro atoms. The van der Waals surface area contributed by atoms with Crippen LogP contribution in [-0.4, -0.2) is 91.1 Å². The summed E-state index contributed by atoms with van der Waals surface area (Å²) in [6, 6.07) is 0. The van der Waals surface area contributed by atoms with Gasteiger partial charge in [0, 0.05) is 31.7 Å². The second-order valence-corrected chi connectivity index (χ2v) is 15.1. The predicted molar refractivity (Wildman–Crippen MR) is 161 cm³/mol. The summed E-state index contributed by atoms with van der Waals surface area (Å²) in [5.74, 6) is 0.274. The van der Waals surface area contributed by atoms with Gasteiger partial charge in [-0.25, -0.2) is 0 Å². The van der Waals surface area contributed by atoms with Gasteiger partial charge in [-0.1, -0.05) is 20.8 Å². The molecule has 5 aliphatic rings. The van der Waals surface area contributed by atoms with Gasteiger partial charge in [-0.3, -0.25) is 4.79 Å². The molecular weight excluding hydrogens is 534 g/mol. The first-order chi connectivity index (χ1) is 19.8. The number of rotatable bonds is 11. The van der Waals surface area contributed by atoms with E-state index in [1.807, 2.05) is 7.05 Å². The topological polar surface area (TPSA) is 117 Å². The Morgan fingerprint density at radius 1 is 1.17 bits per heavy atom. The van der Waals surface area contributed by atoms with Crippen LogP contribution in [0.25, 0.3) is 0 Å². The Hall–Kier alpha value is -0.870. The van der Waals surface area contributed by atoms with Crippen molar-refractivity contribution >= 4 is 5.78 Å². The standard InChI is InChI=1S/C34H57NO7/c1-21-20-42-29(23(21)11-15-35-5)30(37)33(4,38)28-10-14-34(39)25-19-27(36)26-18-22(41-17-7-16-40-6)8-12-31(26,2)24(25)9-13-32(28,34)3/h19,21-24,26,28-30,35,37-39H,7-18,20H2,1-6H3. The van der Waals surface area contributed by atoms with E-state index in [0.717, 1.165) is 57.1 Å². The number of carbonyl (C=O) groups excluding carboxylic acids is 1. The van der Waals surface area contributed by atoms with Crippen LogP contribution in [0.15, 0.2) is 11.6 Å². The maximum Gasteiger partial charge on any atom is 0.159 e. The summed E-state index contributed by atoms with van der Waals surface area (Å²) < 4.78 is 17.4. The van der Waals surface area contributed by atoms with E-state index in [0.29, 0.717) is 38.6 Å². The highest BCUT2D eigenvalue weighted by atomic mass is 16.5. The van der Waals surface area contributed by atoms with Gasteiger partial charge in [-0.05, 0) is 119 Å². The van der Waals surface area contributed by atoms with Gasteiger partial charge in [-0.15, -0.1) is 0 Å². The molecule has 4 aliphatic carbocycles. The summed E-state index contributed by atoms with van der Waals surface area (Å²) in [4.78, 5) is 13.8. The number of fused-ring (bicyclic) bond motifs is 5. The summed E-state index contributed by atoms with van der Waals surface area (Å²) in [6.07, 6.45) is 7.34. The highest BCUT2D eigenvalue weighted by Gasteiger charge is 2.69. The van der Waals surface area contributed by atoms with Crippen molar-refractivity contribution in [3.05, 3.63) is 11.6 Å². The number of aliphatic hydroxyl groups is 3. The second-order valence-electron chi connectivity index (χ2n) is 15.1. The molecule has 1 saturated heterocycles. The molecule has 4 fully saturated rings. The molecule has 1 aliphatic heterocycles. The Bertz CT molecular complexity index is 1020. The molecule has 8 heteroatoms. The van der Waals surface area contributed by atoms with E-state index >= 15 is 0 Å². The zero-order valence-corrected chi connectivity index (χ0v) is 26.9. The van der Waals surface area contributed by atoms with Gasteiger partial charge in [0.2, 0.25) is 0 Å². The molecule has 5 rings (SSSR count). The van der Waals surface area contributed by atoms with E-state index in [1.54, 1.807) is 20.1 Å². The molecule has 240 valence electrons. The van der Waals surface area contributed by atoms with Crippen LogP contribution >= 0.6 is 0 Å². The van der Waals surface area contributed by atoms with Crippen LogP contribution in [0.4, 0.5) is 0 Å². The molecule has 0 aromatic rings. The minimum absolute atomic E-state index is 0.0840. The SMILES string of the molecule is CNCCC1C(C)COC1C(O)C(C)(O)C1CCC2(O)C3=CC(=O)C4CC(OCCCOC)CCC4(C)C3CCC12C. The summed E-state index contributed by atoms with van der Waals surface area (Å²) in [6.45, 7) is 11.0. The number of hydrogen-bond donors (Lipinski definition) is 4. The van der Waals surface area contributed by atoms with Gasteiger partial charge in [0.05, 0.1) is 30.0 Å². The van der Waals surface area contributed by atoms with Crippen LogP contribution in [-0.2, 0) is 19.0 Å². The van der Waals surface area contributed by atoms with Crippen LogP contribution in [0.3, 0.4) is 0 Å². The lowest BCUT2D eigenvalue weighted by Gasteiger charge is -2.60. The number of allylic oxidation sites excluding steroid dienone is 1. The second kappa shape index (κ2) is 12.1. The van der Waals surface area contributed by atoms with Crippen LogP contribution < -0.4 is 5.32 Å². The van der Waals surface area contributed by atoms with Crippen LogP contribution in [0.5, 0.6) is 0 Å². The van der Waals surface area contributed by atoms with Crippen LogP contribution in [0.1, 0.15) is 85.5 Å². The Kier molecular flexibility index (Phi) is 9.40. The van der Waals surface area contributed by atoms with Crippen molar-refractivity contribution in [1.29, 1.82) is 0 Å². The number of nitrogens with one attached hydrogen (secondary N) is 1. The van der Waals surface area contributed by atoms with Crippen molar-refractivity contribution in [2.24, 2.45) is 40.4 Å². The molecule has 3 saturated carbocycles. The lowest BCUT2D eigenvalue weighted by Crippen LogP contribution is -2.63. The molecular formula is C34H57NO7. The van der Waals surface area contributed by atoms with Crippen molar-refractivity contribution < 1.29 is 34.3 Å². The fourth-order valence-corrected chi connectivity index (χ4v) is 10.3. The van der Waals surface area contributed by atoms with E-state index in [4.69, 9.17) is 14.2 Å². The van der Waals surface area contributed by atoms with E-state index < -0.39 is 28.8 Å². The van der Waals surface area contributed by atoms with Gasteiger partial charge in [0.25, 0.3) is 0 Å². The third-order valence-corrected chi connectivity index (χ3v) is 12.9. The summed E-state index contributed by atoms with van der Waals surface area (Å²) >= 11 is 0. The lowest BCUT2D eigenvalue weighted by molar-refractivity contribution is -0.194. The van der Waals surface area contributed by atoms with Gasteiger partial charge in [0.15, 0.2) is 5.78 Å². The maximum absolute atomic E-state index is 13.8. The number of ether oxygens (including phenoxy) is 3. The number of hydrogen-bond acceptors (Lipinski definition) is 8. The predicted octanol–water partition coefficient (Wildman–Crippen LogP) is 3.65. The first-order valence-corrected chi connectivity index (χ1v) is 16.6. The summed E-state index contributed by atoms with van der Waals surface area (Å²) in [5, 5.41) is 39.7. The fourth-order valence-electron chi connectivity index (χ4n) is 10.3. The monoisotopic (exact) mass is 591 g/mol. The normalized spacial score (nSPS) is 45.5. The smallest absolute Gasteiger partial charge is 0.159 e. The molecule has 42 heavy (non-hydrogen) atoms. The summed E-state index contributed by atoms with van der Waals surface area (Å²) in [7, 11) is 3.62. The highest BCUT2D eigenvalue weighted by Crippen LogP contribution is 2.68. The molecule has 0 aromatic heterocycles. The number of carbonyl (C=O) groups is 1. The van der Waals surface area contributed by atoms with Crippen LogP contribution in [0.2, 0.25) is 0 Å². The van der Waals surface area contributed by atoms with Gasteiger partial charge < -0.3 is 34.8 Å². The number of methoxy groups -OCH3 is 1. The minimum Gasteiger partial charge on any atom is -0.387 e. The van der Waals surface area contributed by atoms with Gasteiger partial charge >= 0.3 is 0 Å². The average molecular weight is 592 g/mol. The Labute approximate surface area is 252 Å². The lowest BCUT2D eigenvalue weighted by atomic mass is 9.46. The van der Waals surface area contributed by atoms with E-state index in [9.17, 15) is 20.1 Å². The molecule has 12 unspecified atom stereocenters. The van der Waals surface area contributed by atoms with E-state index in [-0.39, 0.29) is 41.0 Å². The first kappa shape index (κ1) is 32.5. The van der Waals surface area contributed by atoms with Crippen LogP contribution in [0, 0.1) is 40.4 Å². The van der Waals surface area contributed by atoms with Crippen molar-refractivity contribution in [2.45, 2.75) is 115 Å². The summed E-state index contributed by atoms with van der Waals surface area (Å²) in [5.41, 5.74) is -2.61. The van der Waals surface area contributed by atoms with Gasteiger partial charge in [-0.2, -0.15) is 0 Å². The quantitative estimate of drug-likeness (QED) is 0.269. The highest BCUT2D eigenvalue weighted by molar-refractivity contribution is 5.95. The minimum atomic E-state index is -1.44. The third kappa shape index (κ3) is 5.15. The number of aliphatic hydroxyl groups excluding tert-OH is 1. The van der Waals surface area contributed by atoms with Crippen molar-refractivity contribution in [1.82, 2.24) is 5.32 Å². The molecule has 0 bridgehead atoms.